The van der Waals surface area contributed by atoms with Crippen LogP contribution in [-0.2, 0) is 12.0 Å². The van der Waals surface area contributed by atoms with Crippen LogP contribution in [0.3, 0.4) is 0 Å². The van der Waals surface area contributed by atoms with Crippen LogP contribution in [0.2, 0.25) is 0 Å². The molecule has 0 radical (unpaired) electrons. The first kappa shape index (κ1) is 31.3. The number of likely N-dealkylation sites (N-methyl/N-ethyl adjacent to an activating group) is 1. The van der Waals surface area contributed by atoms with Crippen molar-refractivity contribution in [3.05, 3.63) is 106 Å². The van der Waals surface area contributed by atoms with Crippen LogP contribution in [0.15, 0.2) is 77.7 Å². The molecular formula is C34H39N5O4. The van der Waals surface area contributed by atoms with Crippen molar-refractivity contribution >= 4 is 28.9 Å². The lowest BCUT2D eigenvalue weighted by Gasteiger charge is -2.19. The number of Topliss-reactive ketones (excluding diaryl/α,β-unsaturated/α-hetero) is 1. The van der Waals surface area contributed by atoms with Gasteiger partial charge in [-0.25, -0.2) is 4.98 Å². The molecule has 0 spiro atoms. The summed E-state index contributed by atoms with van der Waals surface area (Å²) in [7, 11) is 1.66. The summed E-state index contributed by atoms with van der Waals surface area (Å²) in [4.78, 5) is 43.3. The lowest BCUT2D eigenvalue weighted by Crippen LogP contribution is -2.31. The number of hydrogen-bond donors (Lipinski definition) is 4. The van der Waals surface area contributed by atoms with Gasteiger partial charge in [0.15, 0.2) is 11.6 Å². The van der Waals surface area contributed by atoms with E-state index in [9.17, 15) is 19.5 Å². The van der Waals surface area contributed by atoms with Gasteiger partial charge in [-0.15, -0.1) is 0 Å². The summed E-state index contributed by atoms with van der Waals surface area (Å²) in [6, 6.07) is 19.7. The lowest BCUT2D eigenvalue weighted by molar-refractivity contribution is 0.0750. The molecule has 0 aliphatic heterocycles. The van der Waals surface area contributed by atoms with Crippen LogP contribution in [0.5, 0.6) is 0 Å². The number of anilines is 3. The predicted molar refractivity (Wildman–Crippen MR) is 171 cm³/mol. The van der Waals surface area contributed by atoms with Crippen LogP contribution < -0.4 is 21.5 Å². The van der Waals surface area contributed by atoms with Crippen molar-refractivity contribution in [1.82, 2.24) is 14.9 Å². The van der Waals surface area contributed by atoms with Gasteiger partial charge in [-0.1, -0.05) is 45.0 Å². The van der Waals surface area contributed by atoms with E-state index in [-0.39, 0.29) is 29.2 Å². The summed E-state index contributed by atoms with van der Waals surface area (Å²) in [6.45, 7) is 10.8. The molecule has 0 aliphatic carbocycles. The number of nitrogens with one attached hydrogen (secondary N) is 3. The summed E-state index contributed by atoms with van der Waals surface area (Å²) >= 11 is 0. The highest BCUT2D eigenvalue weighted by Crippen LogP contribution is 2.29. The standard InChI is InChI=1S/C34H39N5O4/c1-7-39-20-28(37-31(33(39)43)36-25-17-13-22(14-18-25)30(41)29(40)19-35-6)26-9-8-10-27(21(26)2)38-32(42)23-11-15-24(16-12-23)34(3,4)5/h8-18,20,29,35,40H,7,19H2,1-6H3,(H,36,37)(H,38,42). The Labute approximate surface area is 252 Å². The molecule has 1 aromatic heterocycles. The topological polar surface area (TPSA) is 125 Å². The fraction of sp³-hybridized carbons (Fsp3) is 0.294. The average Bonchev–Trinajstić information content (AvgIpc) is 2.99. The molecule has 1 amide bonds. The smallest absolute Gasteiger partial charge is 0.293 e. The zero-order chi connectivity index (χ0) is 31.3. The van der Waals surface area contributed by atoms with E-state index in [2.05, 4.69) is 41.7 Å². The van der Waals surface area contributed by atoms with Gasteiger partial charge in [0.2, 0.25) is 0 Å². The molecular weight excluding hydrogens is 542 g/mol. The molecule has 43 heavy (non-hydrogen) atoms. The van der Waals surface area contributed by atoms with E-state index in [0.717, 1.165) is 16.7 Å². The third kappa shape index (κ3) is 7.25. The van der Waals surface area contributed by atoms with E-state index in [1.165, 1.54) is 0 Å². The van der Waals surface area contributed by atoms with Crippen molar-refractivity contribution in [1.29, 1.82) is 0 Å². The Bertz CT molecular complexity index is 1670. The number of carbonyl (C=O) groups excluding carboxylic acids is 2. The van der Waals surface area contributed by atoms with E-state index < -0.39 is 11.9 Å². The van der Waals surface area contributed by atoms with Crippen molar-refractivity contribution in [3.8, 4) is 11.3 Å². The van der Waals surface area contributed by atoms with Crippen molar-refractivity contribution in [2.24, 2.45) is 0 Å². The molecule has 1 unspecified atom stereocenters. The van der Waals surface area contributed by atoms with Gasteiger partial charge in [-0.05, 0) is 79.9 Å². The summed E-state index contributed by atoms with van der Waals surface area (Å²) in [5, 5.41) is 18.9. The molecule has 9 heteroatoms. The highest BCUT2D eigenvalue weighted by molar-refractivity contribution is 6.05. The Balaban J connectivity index is 1.60. The van der Waals surface area contributed by atoms with Gasteiger partial charge >= 0.3 is 0 Å². The lowest BCUT2D eigenvalue weighted by atomic mass is 9.86. The third-order valence-electron chi connectivity index (χ3n) is 7.32. The number of carbonyl (C=O) groups is 2. The normalized spacial score (nSPS) is 12.1. The first-order valence-electron chi connectivity index (χ1n) is 14.3. The zero-order valence-corrected chi connectivity index (χ0v) is 25.5. The third-order valence-corrected chi connectivity index (χ3v) is 7.32. The highest BCUT2D eigenvalue weighted by Gasteiger charge is 2.18. The number of hydrogen-bond acceptors (Lipinski definition) is 7. The maximum atomic E-state index is 13.2. The van der Waals surface area contributed by atoms with Crippen molar-refractivity contribution in [2.45, 2.75) is 52.7 Å². The minimum atomic E-state index is -1.14. The molecule has 1 atom stereocenters. The van der Waals surface area contributed by atoms with Crippen molar-refractivity contribution in [2.75, 3.05) is 24.2 Å². The molecule has 0 fully saturated rings. The van der Waals surface area contributed by atoms with Crippen LogP contribution in [-0.4, -0.2) is 46.0 Å². The van der Waals surface area contributed by atoms with Crippen LogP contribution in [0.25, 0.3) is 11.3 Å². The van der Waals surface area contributed by atoms with E-state index in [1.54, 1.807) is 42.1 Å². The van der Waals surface area contributed by atoms with Crippen LogP contribution in [0, 0.1) is 6.92 Å². The Kier molecular flexibility index (Phi) is 9.58. The van der Waals surface area contributed by atoms with Crippen molar-refractivity contribution < 1.29 is 14.7 Å². The minimum Gasteiger partial charge on any atom is -0.384 e. The monoisotopic (exact) mass is 581 g/mol. The number of amides is 1. The van der Waals surface area contributed by atoms with E-state index in [1.807, 2.05) is 56.3 Å². The van der Waals surface area contributed by atoms with E-state index >= 15 is 0 Å². The number of nitrogens with zero attached hydrogens (tertiary/aromatic N) is 2. The maximum absolute atomic E-state index is 13.2. The number of aliphatic hydroxyl groups excluding tert-OH is 1. The van der Waals surface area contributed by atoms with Crippen LogP contribution >= 0.6 is 0 Å². The largest absolute Gasteiger partial charge is 0.384 e. The first-order valence-corrected chi connectivity index (χ1v) is 14.3. The predicted octanol–water partition coefficient (Wildman–Crippen LogP) is 5.30. The molecule has 9 nitrogen and oxygen atoms in total. The van der Waals surface area contributed by atoms with Gasteiger partial charge in [-0.2, -0.15) is 0 Å². The molecule has 4 rings (SSSR count). The number of aryl methyl sites for hydroxylation is 1. The van der Waals surface area contributed by atoms with Crippen LogP contribution in [0.4, 0.5) is 17.2 Å². The molecule has 4 N–H and O–H groups in total. The summed E-state index contributed by atoms with van der Waals surface area (Å²) in [6.07, 6.45) is 0.564. The Morgan fingerprint density at radius 3 is 2.23 bits per heavy atom. The molecule has 224 valence electrons. The van der Waals surface area contributed by atoms with E-state index in [4.69, 9.17) is 0 Å². The molecule has 0 bridgehead atoms. The van der Waals surface area contributed by atoms with E-state index in [0.29, 0.717) is 34.7 Å². The average molecular weight is 582 g/mol. The molecule has 3 aromatic carbocycles. The Morgan fingerprint density at radius 1 is 0.977 bits per heavy atom. The number of ketones is 1. The number of aliphatic hydroxyl groups is 1. The number of rotatable bonds is 10. The second kappa shape index (κ2) is 13.1. The van der Waals surface area contributed by atoms with Gasteiger partial charge in [0.1, 0.15) is 6.10 Å². The molecule has 0 aliphatic rings. The zero-order valence-electron chi connectivity index (χ0n) is 25.5. The highest BCUT2D eigenvalue weighted by atomic mass is 16.3. The SMILES string of the molecule is CCn1cc(-c2cccc(NC(=O)c3ccc(C(C)(C)C)cc3)c2C)nc(Nc2ccc(C(=O)C(O)CNC)cc2)c1=O. The Morgan fingerprint density at radius 2 is 1.63 bits per heavy atom. The quantitative estimate of drug-likeness (QED) is 0.187. The number of aromatic nitrogens is 2. The molecule has 0 saturated carbocycles. The van der Waals surface area contributed by atoms with Crippen molar-refractivity contribution in [3.63, 3.8) is 0 Å². The second-order valence-electron chi connectivity index (χ2n) is 11.5. The van der Waals surface area contributed by atoms with Gasteiger partial charge in [0.25, 0.3) is 11.5 Å². The fourth-order valence-electron chi connectivity index (χ4n) is 4.68. The summed E-state index contributed by atoms with van der Waals surface area (Å²) < 4.78 is 1.57. The second-order valence-corrected chi connectivity index (χ2v) is 11.5. The minimum absolute atomic E-state index is 0.00610. The molecule has 4 aromatic rings. The van der Waals surface area contributed by atoms with Gasteiger partial charge < -0.3 is 25.6 Å². The molecule has 0 saturated heterocycles. The Hall–Kier alpha value is -4.60. The fourth-order valence-corrected chi connectivity index (χ4v) is 4.68. The number of benzene rings is 3. The summed E-state index contributed by atoms with van der Waals surface area (Å²) in [5.74, 6) is -0.477. The summed E-state index contributed by atoms with van der Waals surface area (Å²) in [5.41, 5.74) is 5.13. The van der Waals surface area contributed by atoms with Gasteiger partial charge in [0.05, 0.1) is 5.69 Å². The van der Waals surface area contributed by atoms with Crippen LogP contribution in [0.1, 0.15) is 59.5 Å². The first-order chi connectivity index (χ1) is 20.4. The van der Waals surface area contributed by atoms with Gasteiger partial charge in [-0.3, -0.25) is 14.4 Å². The molecule has 1 heterocycles. The van der Waals surface area contributed by atoms with Gasteiger partial charge in [0, 0.05) is 47.4 Å². The maximum Gasteiger partial charge on any atom is 0.293 e.